The SMILES string of the molecule is Cc1cc(C(=O)OCc2cc(-c3ccc4c(c3)OC(C)C4)on2)c(C)o1. The van der Waals surface area contributed by atoms with Crippen LogP contribution in [0.5, 0.6) is 5.75 Å². The third-order valence-electron chi connectivity index (χ3n) is 4.36. The van der Waals surface area contributed by atoms with Crippen LogP contribution in [0.2, 0.25) is 0 Å². The first-order valence-electron chi connectivity index (χ1n) is 8.49. The molecule has 0 bridgehead atoms. The number of benzene rings is 1. The first-order chi connectivity index (χ1) is 12.5. The van der Waals surface area contributed by atoms with Gasteiger partial charge in [0.25, 0.3) is 0 Å². The Morgan fingerprint density at radius 1 is 1.27 bits per heavy atom. The summed E-state index contributed by atoms with van der Waals surface area (Å²) in [6.07, 6.45) is 1.11. The minimum absolute atomic E-state index is 0.0322. The van der Waals surface area contributed by atoms with Gasteiger partial charge in [-0.1, -0.05) is 17.3 Å². The third kappa shape index (κ3) is 3.10. The lowest BCUT2D eigenvalue weighted by Crippen LogP contribution is -2.05. The first-order valence-corrected chi connectivity index (χ1v) is 8.49. The lowest BCUT2D eigenvalue weighted by molar-refractivity contribution is 0.0462. The second-order valence-corrected chi connectivity index (χ2v) is 6.54. The van der Waals surface area contributed by atoms with Crippen LogP contribution in [0.15, 0.2) is 39.3 Å². The number of aryl methyl sites for hydroxylation is 2. The Bertz CT molecular complexity index is 968. The number of hydrogen-bond acceptors (Lipinski definition) is 6. The van der Waals surface area contributed by atoms with Crippen molar-refractivity contribution in [1.29, 1.82) is 0 Å². The van der Waals surface area contributed by atoms with Crippen LogP contribution in [-0.2, 0) is 17.8 Å². The number of aromatic nitrogens is 1. The molecule has 134 valence electrons. The summed E-state index contributed by atoms with van der Waals surface area (Å²) < 4.78 is 21.8. The van der Waals surface area contributed by atoms with Crippen molar-refractivity contribution >= 4 is 5.97 Å². The highest BCUT2D eigenvalue weighted by atomic mass is 16.5. The van der Waals surface area contributed by atoms with Crippen molar-refractivity contribution < 1.29 is 23.2 Å². The zero-order valence-corrected chi connectivity index (χ0v) is 14.9. The molecule has 6 nitrogen and oxygen atoms in total. The van der Waals surface area contributed by atoms with Gasteiger partial charge in [-0.3, -0.25) is 0 Å². The molecule has 1 aromatic carbocycles. The number of ether oxygens (including phenoxy) is 2. The largest absolute Gasteiger partial charge is 0.490 e. The molecule has 3 heterocycles. The molecule has 0 N–H and O–H groups in total. The second kappa shape index (κ2) is 6.37. The van der Waals surface area contributed by atoms with Gasteiger partial charge in [0.15, 0.2) is 5.76 Å². The van der Waals surface area contributed by atoms with E-state index in [4.69, 9.17) is 18.4 Å². The molecule has 1 atom stereocenters. The van der Waals surface area contributed by atoms with Gasteiger partial charge in [0, 0.05) is 18.1 Å². The van der Waals surface area contributed by atoms with Gasteiger partial charge in [-0.25, -0.2) is 4.79 Å². The smallest absolute Gasteiger partial charge is 0.342 e. The van der Waals surface area contributed by atoms with E-state index in [1.807, 2.05) is 25.1 Å². The molecule has 1 aliphatic heterocycles. The summed E-state index contributed by atoms with van der Waals surface area (Å²) in [6.45, 7) is 5.59. The Morgan fingerprint density at radius 2 is 2.12 bits per heavy atom. The number of carbonyl (C=O) groups excluding carboxylic acids is 1. The number of fused-ring (bicyclic) bond motifs is 1. The fraction of sp³-hybridized carbons (Fsp3) is 0.300. The quantitative estimate of drug-likeness (QED) is 0.653. The predicted octanol–water partition coefficient (Wildman–Crippen LogP) is 4.23. The summed E-state index contributed by atoms with van der Waals surface area (Å²) in [5, 5.41) is 3.98. The topological polar surface area (TPSA) is 74.7 Å². The Morgan fingerprint density at radius 3 is 2.88 bits per heavy atom. The van der Waals surface area contributed by atoms with Crippen molar-refractivity contribution in [1.82, 2.24) is 5.16 Å². The van der Waals surface area contributed by atoms with Gasteiger partial charge in [-0.15, -0.1) is 0 Å². The number of esters is 1. The standard InChI is InChI=1S/C20H19NO5/c1-11-6-14-4-5-15(8-18(14)25-11)19-9-16(21-26-19)10-23-20(22)17-7-12(2)24-13(17)3/h4-5,7-9,11H,6,10H2,1-3H3. The molecule has 0 spiro atoms. The summed E-state index contributed by atoms with van der Waals surface area (Å²) in [7, 11) is 0. The summed E-state index contributed by atoms with van der Waals surface area (Å²) in [5.41, 5.74) is 3.04. The maximum atomic E-state index is 12.1. The van der Waals surface area contributed by atoms with Gasteiger partial charge < -0.3 is 18.4 Å². The Kier molecular flexibility index (Phi) is 4.03. The average molecular weight is 353 g/mol. The van der Waals surface area contributed by atoms with Gasteiger partial charge >= 0.3 is 5.97 Å². The Balaban J connectivity index is 1.45. The molecule has 0 saturated heterocycles. The lowest BCUT2D eigenvalue weighted by Gasteiger charge is -2.03. The first kappa shape index (κ1) is 16.4. The van der Waals surface area contributed by atoms with Gasteiger partial charge in [-0.05, 0) is 38.5 Å². The van der Waals surface area contributed by atoms with Crippen LogP contribution >= 0.6 is 0 Å². The van der Waals surface area contributed by atoms with Crippen LogP contribution in [-0.4, -0.2) is 17.2 Å². The fourth-order valence-electron chi connectivity index (χ4n) is 3.12. The summed E-state index contributed by atoms with van der Waals surface area (Å²) in [4.78, 5) is 12.1. The van der Waals surface area contributed by atoms with Gasteiger partial charge in [0.1, 0.15) is 41.2 Å². The normalized spacial score (nSPS) is 15.6. The highest BCUT2D eigenvalue weighted by Crippen LogP contribution is 2.33. The zero-order valence-electron chi connectivity index (χ0n) is 14.9. The molecule has 2 aromatic heterocycles. The minimum atomic E-state index is -0.441. The molecule has 26 heavy (non-hydrogen) atoms. The maximum Gasteiger partial charge on any atom is 0.342 e. The monoisotopic (exact) mass is 353 g/mol. The maximum absolute atomic E-state index is 12.1. The van der Waals surface area contributed by atoms with Crippen LogP contribution in [0.4, 0.5) is 0 Å². The number of rotatable bonds is 4. The molecule has 4 rings (SSSR count). The molecule has 0 amide bonds. The van der Waals surface area contributed by atoms with Crippen LogP contribution in [0.1, 0.15) is 40.1 Å². The molecule has 0 radical (unpaired) electrons. The molecular weight excluding hydrogens is 334 g/mol. The van der Waals surface area contributed by atoms with Crippen LogP contribution in [0, 0.1) is 13.8 Å². The van der Waals surface area contributed by atoms with E-state index in [1.54, 1.807) is 26.0 Å². The summed E-state index contributed by atoms with van der Waals surface area (Å²) in [5.74, 6) is 2.26. The van der Waals surface area contributed by atoms with E-state index in [2.05, 4.69) is 5.16 Å². The Labute approximate surface area is 150 Å². The van der Waals surface area contributed by atoms with E-state index in [0.717, 1.165) is 17.7 Å². The lowest BCUT2D eigenvalue weighted by atomic mass is 10.1. The Hall–Kier alpha value is -3.02. The average Bonchev–Trinajstić information content (AvgIpc) is 3.29. The number of nitrogens with zero attached hydrogens (tertiary/aromatic N) is 1. The van der Waals surface area contributed by atoms with Gasteiger partial charge in [-0.2, -0.15) is 0 Å². The second-order valence-electron chi connectivity index (χ2n) is 6.54. The van der Waals surface area contributed by atoms with E-state index in [1.165, 1.54) is 5.56 Å². The number of hydrogen-bond donors (Lipinski definition) is 0. The molecular formula is C20H19NO5. The number of carbonyl (C=O) groups is 1. The highest BCUT2D eigenvalue weighted by molar-refractivity contribution is 5.90. The summed E-state index contributed by atoms with van der Waals surface area (Å²) in [6, 6.07) is 9.40. The van der Waals surface area contributed by atoms with Crippen molar-refractivity contribution in [3.05, 3.63) is 58.7 Å². The molecule has 0 aliphatic carbocycles. The van der Waals surface area contributed by atoms with E-state index in [0.29, 0.717) is 28.5 Å². The molecule has 1 aliphatic rings. The van der Waals surface area contributed by atoms with Crippen molar-refractivity contribution in [3.63, 3.8) is 0 Å². The minimum Gasteiger partial charge on any atom is -0.490 e. The van der Waals surface area contributed by atoms with E-state index >= 15 is 0 Å². The van der Waals surface area contributed by atoms with Gasteiger partial charge in [0.2, 0.25) is 0 Å². The molecule has 1 unspecified atom stereocenters. The van der Waals surface area contributed by atoms with Crippen LogP contribution in [0.3, 0.4) is 0 Å². The molecule has 0 fully saturated rings. The van der Waals surface area contributed by atoms with Crippen molar-refractivity contribution in [3.8, 4) is 17.1 Å². The van der Waals surface area contributed by atoms with Crippen LogP contribution < -0.4 is 4.74 Å². The predicted molar refractivity (Wildman–Crippen MR) is 93.0 cm³/mol. The third-order valence-corrected chi connectivity index (χ3v) is 4.36. The van der Waals surface area contributed by atoms with E-state index < -0.39 is 5.97 Å². The zero-order chi connectivity index (χ0) is 18.3. The van der Waals surface area contributed by atoms with E-state index in [-0.39, 0.29) is 12.7 Å². The molecule has 0 saturated carbocycles. The fourth-order valence-corrected chi connectivity index (χ4v) is 3.12. The highest BCUT2D eigenvalue weighted by Gasteiger charge is 2.20. The van der Waals surface area contributed by atoms with Crippen molar-refractivity contribution in [2.75, 3.05) is 0 Å². The molecule has 3 aromatic rings. The van der Waals surface area contributed by atoms with Crippen LogP contribution in [0.25, 0.3) is 11.3 Å². The van der Waals surface area contributed by atoms with Crippen molar-refractivity contribution in [2.24, 2.45) is 0 Å². The number of furan rings is 1. The van der Waals surface area contributed by atoms with E-state index in [9.17, 15) is 4.79 Å². The summed E-state index contributed by atoms with van der Waals surface area (Å²) >= 11 is 0. The van der Waals surface area contributed by atoms with Crippen molar-refractivity contribution in [2.45, 2.75) is 39.9 Å². The van der Waals surface area contributed by atoms with Gasteiger partial charge in [0.05, 0.1) is 0 Å². The molecule has 6 heteroatoms.